The Morgan fingerprint density at radius 1 is 1.16 bits per heavy atom. The van der Waals surface area contributed by atoms with E-state index < -0.39 is 16.9 Å². The zero-order valence-corrected chi connectivity index (χ0v) is 13.0. The molecule has 0 unspecified atom stereocenters. The van der Waals surface area contributed by atoms with Crippen LogP contribution in [0.4, 0.5) is 4.39 Å². The Labute approximate surface area is 140 Å². The smallest absolute Gasteiger partial charge is 0.303 e. The summed E-state index contributed by atoms with van der Waals surface area (Å²) in [5.41, 5.74) is 2.73. The maximum Gasteiger partial charge on any atom is 0.321 e. The minimum absolute atomic E-state index is 0.0137. The van der Waals surface area contributed by atoms with Crippen LogP contribution in [0.1, 0.15) is 12.1 Å². The zero-order chi connectivity index (χ0) is 17.4. The largest absolute Gasteiger partial charge is 0.321 e. The Balaban J connectivity index is 1.61. The summed E-state index contributed by atoms with van der Waals surface area (Å²) in [6.45, 7) is 0.164. The molecule has 0 radical (unpaired) electrons. The van der Waals surface area contributed by atoms with E-state index in [1.165, 1.54) is 17.0 Å². The highest BCUT2D eigenvalue weighted by atomic mass is 19.1. The van der Waals surface area contributed by atoms with Crippen molar-refractivity contribution in [2.45, 2.75) is 13.0 Å². The van der Waals surface area contributed by atoms with Crippen molar-refractivity contribution < 1.29 is 4.39 Å². The molecule has 0 amide bonds. The number of hydrogen-bond donors (Lipinski definition) is 0. The van der Waals surface area contributed by atoms with Gasteiger partial charge in [0.1, 0.15) is 0 Å². The standard InChI is InChI=1S/C17H12FN5O2/c18-12-8-15(9-12)22-7-6-21(16(24)17(22)25)11-13-2-3-14(10-19-13)23-5-1-4-20-23/h1-7,10H,8,11H2. The lowest BCUT2D eigenvalue weighted by Crippen LogP contribution is -2.40. The van der Waals surface area contributed by atoms with Gasteiger partial charge >= 0.3 is 11.1 Å². The lowest BCUT2D eigenvalue weighted by Gasteiger charge is -2.13. The molecule has 1 aliphatic carbocycles. The molecule has 0 bridgehead atoms. The molecule has 0 aliphatic heterocycles. The van der Waals surface area contributed by atoms with Crippen LogP contribution in [0.15, 0.2) is 70.3 Å². The molecular weight excluding hydrogens is 325 g/mol. The molecular formula is C17H12FN5O2. The molecule has 7 nitrogen and oxygen atoms in total. The molecule has 0 atom stereocenters. The van der Waals surface area contributed by atoms with Crippen LogP contribution in [0.5, 0.6) is 0 Å². The Morgan fingerprint density at radius 3 is 2.64 bits per heavy atom. The van der Waals surface area contributed by atoms with E-state index in [1.54, 1.807) is 35.4 Å². The summed E-state index contributed by atoms with van der Waals surface area (Å²) in [5, 5.41) is 4.11. The highest BCUT2D eigenvalue weighted by molar-refractivity contribution is 5.54. The van der Waals surface area contributed by atoms with Gasteiger partial charge in [-0.1, -0.05) is 5.73 Å². The molecule has 124 valence electrons. The third-order valence-corrected chi connectivity index (χ3v) is 3.86. The second-order valence-corrected chi connectivity index (χ2v) is 5.52. The van der Waals surface area contributed by atoms with Crippen LogP contribution >= 0.6 is 0 Å². The van der Waals surface area contributed by atoms with Crippen molar-refractivity contribution in [2.75, 3.05) is 0 Å². The minimum atomic E-state index is -0.731. The van der Waals surface area contributed by atoms with Crippen molar-refractivity contribution in [3.8, 4) is 5.69 Å². The number of nitrogens with zero attached hydrogens (tertiary/aromatic N) is 5. The first-order valence-electron chi connectivity index (χ1n) is 7.53. The lowest BCUT2D eigenvalue weighted by molar-refractivity contribution is 0.599. The van der Waals surface area contributed by atoms with E-state index in [1.807, 2.05) is 6.07 Å². The van der Waals surface area contributed by atoms with E-state index in [2.05, 4.69) is 15.8 Å². The molecule has 3 heterocycles. The van der Waals surface area contributed by atoms with Gasteiger partial charge < -0.3 is 4.57 Å². The van der Waals surface area contributed by atoms with Crippen LogP contribution in [0, 0.1) is 0 Å². The Hall–Kier alpha value is -3.51. The van der Waals surface area contributed by atoms with Crippen molar-refractivity contribution in [3.05, 3.63) is 87.1 Å². The zero-order valence-electron chi connectivity index (χ0n) is 13.0. The number of aromatic nitrogens is 5. The van der Waals surface area contributed by atoms with Gasteiger partial charge in [0.2, 0.25) is 0 Å². The van der Waals surface area contributed by atoms with E-state index in [0.717, 1.165) is 10.3 Å². The Morgan fingerprint density at radius 2 is 2.00 bits per heavy atom. The van der Waals surface area contributed by atoms with Crippen molar-refractivity contribution in [3.63, 3.8) is 0 Å². The SMILES string of the molecule is O=c1c(=O)n(C2=C=C(F)C2)ccn1Cc1ccc(-n2cccn2)cn1. The van der Waals surface area contributed by atoms with Crippen LogP contribution in [-0.2, 0) is 6.54 Å². The summed E-state index contributed by atoms with van der Waals surface area (Å²) < 4.78 is 16.8. The van der Waals surface area contributed by atoms with Crippen molar-refractivity contribution in [2.24, 2.45) is 0 Å². The van der Waals surface area contributed by atoms with Crippen molar-refractivity contribution in [1.29, 1.82) is 0 Å². The summed E-state index contributed by atoms with van der Waals surface area (Å²) >= 11 is 0. The van der Waals surface area contributed by atoms with Gasteiger partial charge in [0.25, 0.3) is 0 Å². The van der Waals surface area contributed by atoms with Gasteiger partial charge in [-0.3, -0.25) is 19.1 Å². The van der Waals surface area contributed by atoms with Crippen LogP contribution < -0.4 is 11.1 Å². The molecule has 0 fully saturated rings. The predicted octanol–water partition coefficient (Wildman–Crippen LogP) is 1.34. The van der Waals surface area contributed by atoms with Gasteiger partial charge in [-0.25, -0.2) is 9.07 Å². The number of halogens is 1. The van der Waals surface area contributed by atoms with E-state index in [9.17, 15) is 14.0 Å². The minimum Gasteiger partial charge on any atom is -0.303 e. The van der Waals surface area contributed by atoms with Gasteiger partial charge in [-0.15, -0.1) is 0 Å². The van der Waals surface area contributed by atoms with Gasteiger partial charge in [-0.2, -0.15) is 5.10 Å². The Bertz CT molecular complexity index is 1120. The van der Waals surface area contributed by atoms with Gasteiger partial charge in [-0.05, 0) is 18.2 Å². The third-order valence-electron chi connectivity index (χ3n) is 3.86. The van der Waals surface area contributed by atoms with Crippen molar-refractivity contribution in [1.82, 2.24) is 23.9 Å². The molecule has 0 saturated heterocycles. The average molecular weight is 337 g/mol. The van der Waals surface area contributed by atoms with Gasteiger partial charge in [0.05, 0.1) is 36.2 Å². The van der Waals surface area contributed by atoms with Gasteiger partial charge in [0.15, 0.2) is 5.83 Å². The summed E-state index contributed by atoms with van der Waals surface area (Å²) in [6, 6.07) is 5.40. The third kappa shape index (κ3) is 2.75. The molecule has 3 aromatic heterocycles. The first kappa shape index (κ1) is 15.0. The Kier molecular flexibility index (Phi) is 3.52. The fourth-order valence-electron chi connectivity index (χ4n) is 2.52. The lowest BCUT2D eigenvalue weighted by atomic mass is 10.2. The maximum atomic E-state index is 12.8. The number of rotatable bonds is 4. The first-order chi connectivity index (χ1) is 12.1. The molecule has 0 N–H and O–H groups in total. The molecule has 0 aromatic carbocycles. The summed E-state index contributed by atoms with van der Waals surface area (Å²) in [5.74, 6) is -0.424. The monoisotopic (exact) mass is 337 g/mol. The highest BCUT2D eigenvalue weighted by Crippen LogP contribution is 2.22. The molecule has 0 spiro atoms. The fraction of sp³-hybridized carbons (Fsp3) is 0.118. The second kappa shape index (κ2) is 5.85. The first-order valence-corrected chi connectivity index (χ1v) is 7.53. The summed E-state index contributed by atoms with van der Waals surface area (Å²) in [7, 11) is 0. The predicted molar refractivity (Wildman–Crippen MR) is 87.9 cm³/mol. The molecule has 8 heteroatoms. The second-order valence-electron chi connectivity index (χ2n) is 5.52. The number of pyridine rings is 1. The quantitative estimate of drug-likeness (QED) is 0.532. The van der Waals surface area contributed by atoms with E-state index in [4.69, 9.17) is 0 Å². The molecule has 0 saturated carbocycles. The number of allylic oxidation sites excluding steroid dienone is 1. The fourth-order valence-corrected chi connectivity index (χ4v) is 2.52. The highest BCUT2D eigenvalue weighted by Gasteiger charge is 2.16. The normalized spacial score (nSPS) is 13.2. The van der Waals surface area contributed by atoms with Gasteiger partial charge in [0, 0.05) is 24.8 Å². The summed E-state index contributed by atoms with van der Waals surface area (Å²) in [6.07, 6.45) is 8.05. The van der Waals surface area contributed by atoms with E-state index in [-0.39, 0.29) is 13.0 Å². The van der Waals surface area contributed by atoms with Crippen molar-refractivity contribution >= 4 is 5.70 Å². The van der Waals surface area contributed by atoms with Crippen LogP contribution in [-0.4, -0.2) is 23.9 Å². The average Bonchev–Trinajstić information content (AvgIpc) is 3.12. The maximum absolute atomic E-state index is 12.8. The molecule has 4 rings (SSSR count). The van der Waals surface area contributed by atoms with E-state index >= 15 is 0 Å². The molecule has 1 aliphatic rings. The topological polar surface area (TPSA) is 74.7 Å². The summed E-state index contributed by atoms with van der Waals surface area (Å²) in [4.78, 5) is 28.7. The van der Waals surface area contributed by atoms with Crippen LogP contribution in [0.25, 0.3) is 11.4 Å². The number of hydrogen-bond acceptors (Lipinski definition) is 4. The molecule has 25 heavy (non-hydrogen) atoms. The van der Waals surface area contributed by atoms with E-state index in [0.29, 0.717) is 11.4 Å². The molecule has 3 aromatic rings. The van der Waals surface area contributed by atoms with Crippen LogP contribution in [0.2, 0.25) is 0 Å². The van der Waals surface area contributed by atoms with Crippen LogP contribution in [0.3, 0.4) is 0 Å².